The molecule has 2 N–H and O–H groups in total. The summed E-state index contributed by atoms with van der Waals surface area (Å²) < 4.78 is 1.97. The zero-order valence-corrected chi connectivity index (χ0v) is 13.1. The number of carbonyl (C=O) groups is 1. The molecule has 1 heterocycles. The Labute approximate surface area is 121 Å². The van der Waals surface area contributed by atoms with Gasteiger partial charge in [0.25, 0.3) is 0 Å². The van der Waals surface area contributed by atoms with Gasteiger partial charge in [-0.1, -0.05) is 45.2 Å². The van der Waals surface area contributed by atoms with E-state index in [2.05, 4.69) is 31.1 Å². The maximum atomic E-state index is 11.1. The van der Waals surface area contributed by atoms with Crippen LogP contribution in [-0.2, 0) is 24.2 Å². The molecule has 20 heavy (non-hydrogen) atoms. The molecule has 0 fully saturated rings. The minimum Gasteiger partial charge on any atom is -0.369 e. The average molecular weight is 280 g/mol. The summed E-state index contributed by atoms with van der Waals surface area (Å²) in [5.74, 6) is 0.286. The van der Waals surface area contributed by atoms with Crippen molar-refractivity contribution in [3.8, 4) is 0 Å². The monoisotopic (exact) mass is 280 g/mol. The van der Waals surface area contributed by atoms with Crippen LogP contribution in [0.1, 0.15) is 64.3 Å². The van der Waals surface area contributed by atoms with Gasteiger partial charge in [-0.25, -0.2) is 4.68 Å². The fraction of sp³-hybridized carbons (Fsp3) is 0.800. The number of nitrogens with two attached hydrogens (primary N) is 1. The SMILES string of the molecule is CCCCCCn1nnc(CC(N)=O)c1CCC(C)C. The quantitative estimate of drug-likeness (QED) is 0.669. The number of aromatic nitrogens is 3. The van der Waals surface area contributed by atoms with E-state index < -0.39 is 0 Å². The highest BCUT2D eigenvalue weighted by molar-refractivity contribution is 5.76. The highest BCUT2D eigenvalue weighted by Crippen LogP contribution is 2.14. The molecule has 1 amide bonds. The third kappa shape index (κ3) is 5.72. The summed E-state index contributed by atoms with van der Waals surface area (Å²) in [5.41, 5.74) is 7.13. The number of rotatable bonds is 10. The molecule has 0 saturated carbocycles. The largest absolute Gasteiger partial charge is 0.369 e. The van der Waals surface area contributed by atoms with Gasteiger partial charge in [0.1, 0.15) is 0 Å². The molecule has 0 unspecified atom stereocenters. The van der Waals surface area contributed by atoms with Gasteiger partial charge in [-0.2, -0.15) is 0 Å². The lowest BCUT2D eigenvalue weighted by Gasteiger charge is -2.09. The van der Waals surface area contributed by atoms with E-state index in [9.17, 15) is 4.79 Å². The first kappa shape index (κ1) is 16.7. The van der Waals surface area contributed by atoms with E-state index in [1.807, 2.05) is 4.68 Å². The Balaban J connectivity index is 2.70. The molecule has 0 aliphatic heterocycles. The first-order valence-corrected chi connectivity index (χ1v) is 7.74. The smallest absolute Gasteiger partial charge is 0.223 e. The Bertz CT molecular complexity index is 412. The molecule has 0 atom stereocenters. The van der Waals surface area contributed by atoms with Crippen molar-refractivity contribution >= 4 is 5.91 Å². The van der Waals surface area contributed by atoms with Gasteiger partial charge >= 0.3 is 0 Å². The van der Waals surface area contributed by atoms with Crippen molar-refractivity contribution in [1.29, 1.82) is 0 Å². The first-order chi connectivity index (χ1) is 9.54. The number of nitrogens with zero attached hydrogens (tertiary/aromatic N) is 3. The third-order valence-electron chi connectivity index (χ3n) is 3.44. The molecule has 0 aliphatic rings. The Hall–Kier alpha value is -1.39. The van der Waals surface area contributed by atoms with E-state index >= 15 is 0 Å². The number of unbranched alkanes of at least 4 members (excludes halogenated alkanes) is 3. The molecule has 1 aromatic rings. The van der Waals surface area contributed by atoms with E-state index in [0.717, 1.165) is 37.2 Å². The van der Waals surface area contributed by atoms with Crippen molar-refractivity contribution in [2.24, 2.45) is 11.7 Å². The maximum absolute atomic E-state index is 11.1. The molecule has 114 valence electrons. The molecule has 1 aromatic heterocycles. The second kappa shape index (κ2) is 8.72. The van der Waals surface area contributed by atoms with Gasteiger partial charge < -0.3 is 5.73 Å². The molecular formula is C15H28N4O. The van der Waals surface area contributed by atoms with Crippen LogP contribution in [-0.4, -0.2) is 20.9 Å². The molecule has 1 rings (SSSR count). The van der Waals surface area contributed by atoms with Gasteiger partial charge in [-0.05, 0) is 25.2 Å². The maximum Gasteiger partial charge on any atom is 0.223 e. The minimum absolute atomic E-state index is 0.197. The van der Waals surface area contributed by atoms with E-state index in [4.69, 9.17) is 5.73 Å². The standard InChI is InChI=1S/C15H28N4O/c1-4-5-6-7-10-19-14(9-8-12(2)3)13(17-18-19)11-15(16)20/h12H,4-11H2,1-3H3,(H2,16,20). The van der Waals surface area contributed by atoms with Crippen molar-refractivity contribution in [3.63, 3.8) is 0 Å². The molecule has 0 saturated heterocycles. The van der Waals surface area contributed by atoms with Crippen LogP contribution >= 0.6 is 0 Å². The lowest BCUT2D eigenvalue weighted by molar-refractivity contribution is -0.117. The van der Waals surface area contributed by atoms with Crippen LogP contribution in [0.15, 0.2) is 0 Å². The summed E-state index contributed by atoms with van der Waals surface area (Å²) >= 11 is 0. The fourth-order valence-corrected chi connectivity index (χ4v) is 2.24. The zero-order chi connectivity index (χ0) is 15.0. The second-order valence-corrected chi connectivity index (χ2v) is 5.84. The van der Waals surface area contributed by atoms with Crippen LogP contribution < -0.4 is 5.73 Å². The van der Waals surface area contributed by atoms with Crippen molar-refractivity contribution in [1.82, 2.24) is 15.0 Å². The number of aryl methyl sites for hydroxylation is 1. The fourth-order valence-electron chi connectivity index (χ4n) is 2.24. The zero-order valence-electron chi connectivity index (χ0n) is 13.1. The van der Waals surface area contributed by atoms with Gasteiger partial charge in [0.15, 0.2) is 0 Å². The molecular weight excluding hydrogens is 252 g/mol. The van der Waals surface area contributed by atoms with Crippen LogP contribution in [0.2, 0.25) is 0 Å². The minimum atomic E-state index is -0.339. The summed E-state index contributed by atoms with van der Waals surface area (Å²) in [4.78, 5) is 11.1. The highest BCUT2D eigenvalue weighted by Gasteiger charge is 2.14. The predicted octanol–water partition coefficient (Wildman–Crippen LogP) is 2.47. The van der Waals surface area contributed by atoms with Gasteiger partial charge in [0, 0.05) is 6.54 Å². The topological polar surface area (TPSA) is 73.8 Å². The van der Waals surface area contributed by atoms with Crippen molar-refractivity contribution < 1.29 is 4.79 Å². The molecule has 0 bridgehead atoms. The van der Waals surface area contributed by atoms with E-state index in [-0.39, 0.29) is 12.3 Å². The Kier molecular flexibility index (Phi) is 7.26. The van der Waals surface area contributed by atoms with E-state index in [1.165, 1.54) is 19.3 Å². The Morgan fingerprint density at radius 3 is 2.65 bits per heavy atom. The van der Waals surface area contributed by atoms with Gasteiger partial charge in [-0.3, -0.25) is 4.79 Å². The van der Waals surface area contributed by atoms with Crippen LogP contribution in [0, 0.1) is 5.92 Å². The summed E-state index contributed by atoms with van der Waals surface area (Å²) in [7, 11) is 0. The number of carbonyl (C=O) groups excluding carboxylic acids is 1. The lowest BCUT2D eigenvalue weighted by Crippen LogP contribution is -2.16. The highest BCUT2D eigenvalue weighted by atomic mass is 16.1. The molecule has 5 heteroatoms. The average Bonchev–Trinajstić information content (AvgIpc) is 2.74. The van der Waals surface area contributed by atoms with Crippen molar-refractivity contribution in [2.75, 3.05) is 0 Å². The Morgan fingerprint density at radius 2 is 2.05 bits per heavy atom. The van der Waals surface area contributed by atoms with Crippen LogP contribution in [0.3, 0.4) is 0 Å². The number of primary amides is 1. The van der Waals surface area contributed by atoms with Crippen LogP contribution in [0.25, 0.3) is 0 Å². The van der Waals surface area contributed by atoms with Gasteiger partial charge in [0.2, 0.25) is 5.91 Å². The molecule has 0 spiro atoms. The van der Waals surface area contributed by atoms with E-state index in [0.29, 0.717) is 5.92 Å². The molecule has 0 aliphatic carbocycles. The van der Waals surface area contributed by atoms with Gasteiger partial charge in [0.05, 0.1) is 17.8 Å². The lowest BCUT2D eigenvalue weighted by atomic mass is 10.0. The summed E-state index contributed by atoms with van der Waals surface area (Å²) in [5, 5.41) is 8.35. The Morgan fingerprint density at radius 1 is 1.30 bits per heavy atom. The number of hydrogen-bond acceptors (Lipinski definition) is 3. The van der Waals surface area contributed by atoms with Crippen molar-refractivity contribution in [3.05, 3.63) is 11.4 Å². The van der Waals surface area contributed by atoms with Gasteiger partial charge in [-0.15, -0.1) is 5.10 Å². The van der Waals surface area contributed by atoms with E-state index in [1.54, 1.807) is 0 Å². The molecule has 5 nitrogen and oxygen atoms in total. The third-order valence-corrected chi connectivity index (χ3v) is 3.44. The first-order valence-electron chi connectivity index (χ1n) is 7.74. The number of hydrogen-bond donors (Lipinski definition) is 1. The second-order valence-electron chi connectivity index (χ2n) is 5.84. The normalized spacial score (nSPS) is 11.2. The molecule has 0 radical (unpaired) electrons. The predicted molar refractivity (Wildman–Crippen MR) is 80.2 cm³/mol. The summed E-state index contributed by atoms with van der Waals surface area (Å²) in [6.45, 7) is 7.49. The van der Waals surface area contributed by atoms with Crippen molar-refractivity contribution in [2.45, 2.75) is 72.3 Å². The summed E-state index contributed by atoms with van der Waals surface area (Å²) in [6.07, 6.45) is 7.00. The molecule has 0 aromatic carbocycles. The number of amides is 1. The van der Waals surface area contributed by atoms with Crippen LogP contribution in [0.5, 0.6) is 0 Å². The summed E-state index contributed by atoms with van der Waals surface area (Å²) in [6, 6.07) is 0. The van der Waals surface area contributed by atoms with Crippen LogP contribution in [0.4, 0.5) is 0 Å².